The highest BCUT2D eigenvalue weighted by Crippen LogP contribution is 2.28. The molecule has 0 aliphatic carbocycles. The molecule has 0 radical (unpaired) electrons. The Kier molecular flexibility index (Phi) is 4.89. The van der Waals surface area contributed by atoms with Crippen LogP contribution in [0.1, 0.15) is 25.1 Å². The average Bonchev–Trinajstić information content (AvgIpc) is 2.45. The summed E-state index contributed by atoms with van der Waals surface area (Å²) in [7, 11) is 0. The molecular weight excluding hydrogens is 307 g/mol. The van der Waals surface area contributed by atoms with Crippen LogP contribution in [-0.4, -0.2) is 27.4 Å². The molecule has 0 fully saturated rings. The predicted octanol–water partition coefficient (Wildman–Crippen LogP) is 3.27. The van der Waals surface area contributed by atoms with E-state index in [-0.39, 0.29) is 12.4 Å². The molecule has 1 aromatic heterocycles. The van der Waals surface area contributed by atoms with Crippen LogP contribution in [0.4, 0.5) is 19.0 Å². The van der Waals surface area contributed by atoms with E-state index >= 15 is 0 Å². The van der Waals surface area contributed by atoms with Crippen molar-refractivity contribution in [3.63, 3.8) is 0 Å². The number of halogens is 3. The summed E-state index contributed by atoms with van der Waals surface area (Å²) in [5.41, 5.74) is -1.11. The van der Waals surface area contributed by atoms with Gasteiger partial charge in [0.2, 0.25) is 0 Å². The van der Waals surface area contributed by atoms with E-state index < -0.39 is 17.5 Å². The third-order valence-electron chi connectivity index (χ3n) is 3.06. The Bertz CT molecular complexity index is 622. The number of rotatable bonds is 5. The van der Waals surface area contributed by atoms with E-state index in [1.54, 1.807) is 18.7 Å². The normalized spacial score (nSPS) is 12.3. The van der Waals surface area contributed by atoms with Crippen LogP contribution in [0.15, 0.2) is 42.5 Å². The SMILES string of the molecule is CC(C)(O)CN(Cc1ccccc1)c1ccc(C(F)(F)F)nn1. The largest absolute Gasteiger partial charge is 0.435 e. The zero-order valence-corrected chi connectivity index (χ0v) is 12.9. The third kappa shape index (κ3) is 5.21. The molecule has 1 N–H and O–H groups in total. The van der Waals surface area contributed by atoms with Crippen molar-refractivity contribution in [2.75, 3.05) is 11.4 Å². The summed E-state index contributed by atoms with van der Waals surface area (Å²) in [6.45, 7) is 3.87. The summed E-state index contributed by atoms with van der Waals surface area (Å²) in [6, 6.07) is 11.6. The van der Waals surface area contributed by atoms with E-state index in [9.17, 15) is 18.3 Å². The first-order valence-electron chi connectivity index (χ1n) is 7.07. The summed E-state index contributed by atoms with van der Waals surface area (Å²) < 4.78 is 37.7. The molecule has 0 bridgehead atoms. The van der Waals surface area contributed by atoms with Crippen LogP contribution >= 0.6 is 0 Å². The number of aliphatic hydroxyl groups is 1. The van der Waals surface area contributed by atoms with Crippen molar-refractivity contribution < 1.29 is 18.3 Å². The van der Waals surface area contributed by atoms with Crippen LogP contribution in [0.3, 0.4) is 0 Å². The second-order valence-electron chi connectivity index (χ2n) is 5.93. The van der Waals surface area contributed by atoms with Gasteiger partial charge in [0.15, 0.2) is 11.5 Å². The van der Waals surface area contributed by atoms with Crippen LogP contribution in [0.5, 0.6) is 0 Å². The smallest absolute Gasteiger partial charge is 0.389 e. The highest BCUT2D eigenvalue weighted by molar-refractivity contribution is 5.39. The van der Waals surface area contributed by atoms with Gasteiger partial charge < -0.3 is 10.0 Å². The standard InChI is InChI=1S/C16H18F3N3O/c1-15(2,23)11-22(10-12-6-4-3-5-7-12)14-9-8-13(20-21-14)16(17,18)19/h3-9,23H,10-11H2,1-2H3. The zero-order chi connectivity index (χ0) is 17.1. The van der Waals surface area contributed by atoms with Crippen molar-refractivity contribution in [2.24, 2.45) is 0 Å². The number of hydrogen-bond acceptors (Lipinski definition) is 4. The lowest BCUT2D eigenvalue weighted by molar-refractivity contribution is -0.141. The number of hydrogen-bond donors (Lipinski definition) is 1. The first kappa shape index (κ1) is 17.2. The Morgan fingerprint density at radius 2 is 1.65 bits per heavy atom. The highest BCUT2D eigenvalue weighted by Gasteiger charge is 2.33. The van der Waals surface area contributed by atoms with Crippen LogP contribution in [0.25, 0.3) is 0 Å². The minimum Gasteiger partial charge on any atom is -0.389 e. The molecule has 0 spiro atoms. The van der Waals surface area contributed by atoms with Gasteiger partial charge in [-0.1, -0.05) is 30.3 Å². The van der Waals surface area contributed by atoms with E-state index in [1.165, 1.54) is 6.07 Å². The maximum atomic E-state index is 12.6. The lowest BCUT2D eigenvalue weighted by Crippen LogP contribution is -2.39. The molecule has 0 amide bonds. The second-order valence-corrected chi connectivity index (χ2v) is 5.93. The maximum absolute atomic E-state index is 12.6. The molecule has 7 heteroatoms. The van der Waals surface area contributed by atoms with Crippen molar-refractivity contribution in [1.82, 2.24) is 10.2 Å². The van der Waals surface area contributed by atoms with Crippen molar-refractivity contribution in [3.05, 3.63) is 53.7 Å². The Labute approximate surface area is 132 Å². The lowest BCUT2D eigenvalue weighted by atomic mass is 10.1. The first-order valence-corrected chi connectivity index (χ1v) is 7.07. The van der Waals surface area contributed by atoms with E-state index in [2.05, 4.69) is 10.2 Å². The van der Waals surface area contributed by atoms with Crippen molar-refractivity contribution in [3.8, 4) is 0 Å². The monoisotopic (exact) mass is 325 g/mol. The fourth-order valence-corrected chi connectivity index (χ4v) is 2.13. The van der Waals surface area contributed by atoms with Gasteiger partial charge in [-0.2, -0.15) is 13.2 Å². The summed E-state index contributed by atoms with van der Waals surface area (Å²) in [4.78, 5) is 1.70. The molecule has 0 aliphatic heterocycles. The minimum absolute atomic E-state index is 0.210. The van der Waals surface area contributed by atoms with Gasteiger partial charge in [0.1, 0.15) is 0 Å². The van der Waals surface area contributed by atoms with Crippen molar-refractivity contribution >= 4 is 5.82 Å². The van der Waals surface area contributed by atoms with Gasteiger partial charge in [0, 0.05) is 13.1 Å². The molecule has 0 aliphatic rings. The van der Waals surface area contributed by atoms with E-state index in [0.717, 1.165) is 11.6 Å². The average molecular weight is 325 g/mol. The number of aromatic nitrogens is 2. The topological polar surface area (TPSA) is 49.2 Å². The predicted molar refractivity (Wildman–Crippen MR) is 80.8 cm³/mol. The molecule has 2 rings (SSSR count). The number of alkyl halides is 3. The summed E-state index contributed by atoms with van der Waals surface area (Å²) >= 11 is 0. The molecule has 1 heterocycles. The number of nitrogens with zero attached hydrogens (tertiary/aromatic N) is 3. The van der Waals surface area contributed by atoms with Gasteiger partial charge in [-0.3, -0.25) is 0 Å². The molecule has 0 atom stereocenters. The van der Waals surface area contributed by atoms with Crippen LogP contribution in [0, 0.1) is 0 Å². The highest BCUT2D eigenvalue weighted by atomic mass is 19.4. The Hall–Kier alpha value is -2.15. The zero-order valence-electron chi connectivity index (χ0n) is 12.9. The molecule has 23 heavy (non-hydrogen) atoms. The molecule has 4 nitrogen and oxygen atoms in total. The quantitative estimate of drug-likeness (QED) is 0.916. The minimum atomic E-state index is -4.52. The summed E-state index contributed by atoms with van der Waals surface area (Å²) in [5, 5.41) is 17.0. The summed E-state index contributed by atoms with van der Waals surface area (Å²) in [6.07, 6.45) is -4.52. The van der Waals surface area contributed by atoms with Gasteiger partial charge >= 0.3 is 6.18 Å². The lowest BCUT2D eigenvalue weighted by Gasteiger charge is -2.30. The van der Waals surface area contributed by atoms with E-state index in [1.807, 2.05) is 30.3 Å². The van der Waals surface area contributed by atoms with Gasteiger partial charge in [-0.25, -0.2) is 0 Å². The first-order chi connectivity index (χ1) is 10.6. The number of benzene rings is 1. The fourth-order valence-electron chi connectivity index (χ4n) is 2.13. The molecule has 2 aromatic rings. The van der Waals surface area contributed by atoms with Gasteiger partial charge in [0.05, 0.1) is 5.60 Å². The van der Waals surface area contributed by atoms with Crippen LogP contribution in [-0.2, 0) is 12.7 Å². The molecule has 124 valence electrons. The van der Waals surface area contributed by atoms with Gasteiger partial charge in [-0.05, 0) is 31.5 Å². The van der Waals surface area contributed by atoms with E-state index in [0.29, 0.717) is 6.54 Å². The second kappa shape index (κ2) is 6.54. The van der Waals surface area contributed by atoms with Crippen LogP contribution < -0.4 is 4.90 Å². The summed E-state index contributed by atoms with van der Waals surface area (Å²) in [5.74, 6) is 0.281. The van der Waals surface area contributed by atoms with Gasteiger partial charge in [-0.15, -0.1) is 10.2 Å². The Morgan fingerprint density at radius 1 is 1.00 bits per heavy atom. The molecule has 0 saturated heterocycles. The number of anilines is 1. The molecule has 1 aromatic carbocycles. The molecule has 0 saturated carbocycles. The third-order valence-corrected chi connectivity index (χ3v) is 3.06. The Balaban J connectivity index is 2.26. The van der Waals surface area contributed by atoms with Crippen molar-refractivity contribution in [2.45, 2.75) is 32.2 Å². The van der Waals surface area contributed by atoms with E-state index in [4.69, 9.17) is 0 Å². The fraction of sp³-hybridized carbons (Fsp3) is 0.375. The molecule has 0 unspecified atom stereocenters. The molecular formula is C16H18F3N3O. The Morgan fingerprint density at radius 3 is 2.13 bits per heavy atom. The van der Waals surface area contributed by atoms with Gasteiger partial charge in [0.25, 0.3) is 0 Å². The maximum Gasteiger partial charge on any atom is 0.435 e. The van der Waals surface area contributed by atoms with Crippen molar-refractivity contribution in [1.29, 1.82) is 0 Å². The van der Waals surface area contributed by atoms with Crippen LogP contribution in [0.2, 0.25) is 0 Å².